The predicted octanol–water partition coefficient (Wildman–Crippen LogP) is 2.93. The van der Waals surface area contributed by atoms with E-state index < -0.39 is 16.9 Å². The molecular formula is C21H21ClN2O4. The number of aromatic nitrogens is 2. The number of rotatable bonds is 6. The summed E-state index contributed by atoms with van der Waals surface area (Å²) in [5.74, 6) is 0. The van der Waals surface area contributed by atoms with E-state index in [1.807, 2.05) is 30.3 Å². The fraction of sp³-hybridized carbons (Fsp3) is 0.238. The molecule has 0 aliphatic rings. The molecule has 28 heavy (non-hydrogen) atoms. The van der Waals surface area contributed by atoms with Crippen LogP contribution in [0.25, 0.3) is 0 Å². The van der Waals surface area contributed by atoms with Crippen molar-refractivity contribution in [1.29, 1.82) is 0 Å². The van der Waals surface area contributed by atoms with Crippen LogP contribution >= 0.6 is 11.6 Å². The van der Waals surface area contributed by atoms with Gasteiger partial charge in [0.2, 0.25) is 0 Å². The van der Waals surface area contributed by atoms with Crippen LogP contribution in [-0.4, -0.2) is 14.7 Å². The Bertz CT molecular complexity index is 1090. The number of hydrogen-bond donors (Lipinski definition) is 2. The first-order valence-corrected chi connectivity index (χ1v) is 9.13. The average molecular weight is 401 g/mol. The van der Waals surface area contributed by atoms with Crippen LogP contribution in [0.3, 0.4) is 0 Å². The van der Waals surface area contributed by atoms with E-state index in [4.69, 9.17) is 16.3 Å². The summed E-state index contributed by atoms with van der Waals surface area (Å²) in [5.41, 5.74) is -1.21. The zero-order valence-corrected chi connectivity index (χ0v) is 16.4. The van der Waals surface area contributed by atoms with Gasteiger partial charge in [0.15, 0.2) is 0 Å². The molecule has 146 valence electrons. The lowest BCUT2D eigenvalue weighted by Gasteiger charge is -2.29. The van der Waals surface area contributed by atoms with E-state index >= 15 is 0 Å². The van der Waals surface area contributed by atoms with Crippen LogP contribution in [0.2, 0.25) is 5.02 Å². The van der Waals surface area contributed by atoms with Crippen molar-refractivity contribution < 1.29 is 9.84 Å². The molecule has 2 N–H and O–H groups in total. The highest BCUT2D eigenvalue weighted by Gasteiger charge is 2.34. The van der Waals surface area contributed by atoms with Gasteiger partial charge in [0.25, 0.3) is 5.56 Å². The molecule has 3 rings (SSSR count). The first-order chi connectivity index (χ1) is 13.3. The van der Waals surface area contributed by atoms with Crippen LogP contribution in [0, 0.1) is 6.92 Å². The second kappa shape index (κ2) is 8.14. The van der Waals surface area contributed by atoms with E-state index in [-0.39, 0.29) is 24.6 Å². The summed E-state index contributed by atoms with van der Waals surface area (Å²) in [4.78, 5) is 27.0. The number of ether oxygens (including phenoxy) is 1. The van der Waals surface area contributed by atoms with Crippen molar-refractivity contribution in [2.24, 2.45) is 0 Å². The van der Waals surface area contributed by atoms with Gasteiger partial charge in [-0.15, -0.1) is 0 Å². The zero-order valence-electron chi connectivity index (χ0n) is 15.6. The first-order valence-electron chi connectivity index (χ1n) is 8.75. The molecule has 0 aliphatic heterocycles. The molecule has 0 amide bonds. The van der Waals surface area contributed by atoms with Gasteiger partial charge in [0.05, 0.1) is 12.3 Å². The number of H-pyrrole nitrogens is 1. The molecular weight excluding hydrogens is 380 g/mol. The second-order valence-electron chi connectivity index (χ2n) is 6.68. The van der Waals surface area contributed by atoms with Gasteiger partial charge in [-0.05, 0) is 25.5 Å². The number of halogens is 1. The molecule has 0 spiro atoms. The maximum absolute atomic E-state index is 12.5. The lowest BCUT2D eigenvalue weighted by Crippen LogP contribution is -2.41. The maximum Gasteiger partial charge on any atom is 0.330 e. The molecule has 0 saturated carbocycles. The largest absolute Gasteiger partial charge is 0.379 e. The molecule has 0 bridgehead atoms. The van der Waals surface area contributed by atoms with Crippen molar-refractivity contribution in [2.45, 2.75) is 32.8 Å². The van der Waals surface area contributed by atoms with E-state index in [2.05, 4.69) is 4.98 Å². The summed E-state index contributed by atoms with van der Waals surface area (Å²) < 4.78 is 6.91. The monoisotopic (exact) mass is 400 g/mol. The van der Waals surface area contributed by atoms with Crippen LogP contribution in [0.5, 0.6) is 0 Å². The minimum absolute atomic E-state index is 0.138. The molecule has 0 fully saturated rings. The molecule has 1 unspecified atom stereocenters. The molecule has 6 nitrogen and oxygen atoms in total. The maximum atomic E-state index is 12.5. The Labute approximate surface area is 167 Å². The predicted molar refractivity (Wildman–Crippen MR) is 107 cm³/mol. The summed E-state index contributed by atoms with van der Waals surface area (Å²) in [7, 11) is 0. The number of nitrogens with one attached hydrogen (secondary N) is 1. The second-order valence-corrected chi connectivity index (χ2v) is 7.08. The van der Waals surface area contributed by atoms with Gasteiger partial charge in [-0.1, -0.05) is 60.1 Å². The van der Waals surface area contributed by atoms with Crippen LogP contribution < -0.4 is 11.2 Å². The normalized spacial score (nSPS) is 13.3. The lowest BCUT2D eigenvalue weighted by molar-refractivity contribution is 0.0386. The van der Waals surface area contributed by atoms with Gasteiger partial charge in [0.1, 0.15) is 12.3 Å². The lowest BCUT2D eigenvalue weighted by atomic mass is 9.89. The molecule has 7 heteroatoms. The molecule has 1 aromatic heterocycles. The van der Waals surface area contributed by atoms with Gasteiger partial charge in [-0.25, -0.2) is 4.79 Å². The van der Waals surface area contributed by atoms with Gasteiger partial charge in [-0.2, -0.15) is 0 Å². The fourth-order valence-electron chi connectivity index (χ4n) is 3.23. The zero-order chi connectivity index (χ0) is 20.3. The van der Waals surface area contributed by atoms with Crippen molar-refractivity contribution in [1.82, 2.24) is 9.55 Å². The molecule has 1 heterocycles. The average Bonchev–Trinajstić information content (AvgIpc) is 2.66. The van der Waals surface area contributed by atoms with Crippen LogP contribution in [0.4, 0.5) is 0 Å². The quantitative estimate of drug-likeness (QED) is 0.666. The minimum Gasteiger partial charge on any atom is -0.379 e. The Morgan fingerprint density at radius 2 is 1.75 bits per heavy atom. The Hall–Kier alpha value is -2.67. The molecule has 1 atom stereocenters. The molecule has 2 aromatic carbocycles. The molecule has 0 radical (unpaired) electrons. The number of nitrogens with zero attached hydrogens (tertiary/aromatic N) is 1. The highest BCUT2D eigenvalue weighted by Crippen LogP contribution is 2.34. The third-order valence-corrected chi connectivity index (χ3v) is 4.95. The summed E-state index contributed by atoms with van der Waals surface area (Å²) in [5, 5.41) is 11.6. The number of aromatic amines is 1. The first kappa shape index (κ1) is 20.1. The smallest absolute Gasteiger partial charge is 0.330 e. The van der Waals surface area contributed by atoms with Gasteiger partial charge in [-0.3, -0.25) is 14.3 Å². The third-order valence-electron chi connectivity index (χ3n) is 4.62. The highest BCUT2D eigenvalue weighted by atomic mass is 35.5. The Morgan fingerprint density at radius 1 is 1.11 bits per heavy atom. The van der Waals surface area contributed by atoms with Crippen molar-refractivity contribution in [2.75, 3.05) is 0 Å². The van der Waals surface area contributed by atoms with Gasteiger partial charge >= 0.3 is 5.69 Å². The van der Waals surface area contributed by atoms with Crippen LogP contribution in [-0.2, 0) is 23.7 Å². The highest BCUT2D eigenvalue weighted by molar-refractivity contribution is 6.31. The summed E-state index contributed by atoms with van der Waals surface area (Å²) in [6.45, 7) is 3.19. The van der Waals surface area contributed by atoms with Crippen molar-refractivity contribution in [3.05, 3.63) is 103 Å². The van der Waals surface area contributed by atoms with Crippen molar-refractivity contribution >= 4 is 11.6 Å². The van der Waals surface area contributed by atoms with Crippen molar-refractivity contribution in [3.8, 4) is 0 Å². The fourth-order valence-corrected chi connectivity index (χ4v) is 3.55. The number of benzene rings is 2. The van der Waals surface area contributed by atoms with Gasteiger partial charge < -0.3 is 9.84 Å². The SMILES string of the molecule is Cc1c(C(C)(O)c2ccccc2Cl)n(COCc2ccccc2)c(=O)[nH]c1=O. The Kier molecular flexibility index (Phi) is 5.84. The topological polar surface area (TPSA) is 84.3 Å². The van der Waals surface area contributed by atoms with E-state index in [1.54, 1.807) is 31.2 Å². The standard InChI is InChI=1S/C21H21ClN2O4/c1-14-18(21(2,27)16-10-6-7-11-17(16)22)24(20(26)23-19(14)25)13-28-12-15-8-4-3-5-9-15/h3-11,27H,12-13H2,1-2H3,(H,23,25,26). The van der Waals surface area contributed by atoms with Crippen LogP contribution in [0.15, 0.2) is 64.2 Å². The van der Waals surface area contributed by atoms with E-state index in [0.717, 1.165) is 5.56 Å². The van der Waals surface area contributed by atoms with Crippen LogP contribution in [0.1, 0.15) is 29.3 Å². The van der Waals surface area contributed by atoms with E-state index in [1.165, 1.54) is 11.5 Å². The third kappa shape index (κ3) is 3.94. The van der Waals surface area contributed by atoms with E-state index in [0.29, 0.717) is 10.6 Å². The molecule has 3 aromatic rings. The van der Waals surface area contributed by atoms with E-state index in [9.17, 15) is 14.7 Å². The minimum atomic E-state index is -1.67. The molecule has 0 aliphatic carbocycles. The summed E-state index contributed by atoms with van der Waals surface area (Å²) in [6, 6.07) is 16.3. The Morgan fingerprint density at radius 3 is 2.43 bits per heavy atom. The summed E-state index contributed by atoms with van der Waals surface area (Å²) >= 11 is 6.26. The Balaban J connectivity index is 2.04. The number of aliphatic hydroxyl groups is 1. The van der Waals surface area contributed by atoms with Crippen molar-refractivity contribution in [3.63, 3.8) is 0 Å². The number of hydrogen-bond acceptors (Lipinski definition) is 4. The molecule has 0 saturated heterocycles. The summed E-state index contributed by atoms with van der Waals surface area (Å²) in [6.07, 6.45) is 0. The van der Waals surface area contributed by atoms with Gasteiger partial charge in [0, 0.05) is 16.1 Å².